The molecule has 6 nitrogen and oxygen atoms in total. The average molecular weight is 461 g/mol. The van der Waals surface area contributed by atoms with Crippen LogP contribution in [0.5, 0.6) is 0 Å². The van der Waals surface area contributed by atoms with Gasteiger partial charge in [0.25, 0.3) is 5.91 Å². The normalized spacial score (nSPS) is 20.4. The fraction of sp³-hybridized carbons (Fsp3) is 0.889. The molecule has 2 aliphatic carbocycles. The Balaban J connectivity index is 1.95. The van der Waals surface area contributed by atoms with Crippen molar-refractivity contribution in [3.63, 3.8) is 0 Å². The van der Waals surface area contributed by atoms with E-state index >= 15 is 0 Å². The van der Waals surface area contributed by atoms with E-state index in [1.807, 2.05) is 5.32 Å². The van der Waals surface area contributed by atoms with Crippen molar-refractivity contribution in [1.29, 1.82) is 0 Å². The molecular weight excluding hydrogens is 433 g/mol. The summed E-state index contributed by atoms with van der Waals surface area (Å²) in [5.74, 6) is -5.31. The Kier molecular flexibility index (Phi) is 8.75. The molecule has 0 spiro atoms. The van der Waals surface area contributed by atoms with Crippen molar-refractivity contribution >= 4 is 23.6 Å². The molecule has 12 heteroatoms. The van der Waals surface area contributed by atoms with Crippen LogP contribution in [0.3, 0.4) is 0 Å². The monoisotopic (exact) mass is 461 g/mol. The van der Waals surface area contributed by atoms with Gasteiger partial charge in [-0.05, 0) is 43.8 Å². The maximum atomic E-state index is 13.3. The first-order valence-electron chi connectivity index (χ1n) is 9.99. The molecule has 0 heterocycles. The van der Waals surface area contributed by atoms with Crippen LogP contribution >= 0.6 is 11.8 Å². The Morgan fingerprint density at radius 2 is 1.73 bits per heavy atom. The highest BCUT2D eigenvalue weighted by Gasteiger charge is 2.57. The highest BCUT2D eigenvalue weighted by atomic mass is 32.2. The minimum absolute atomic E-state index is 0.00167. The number of aliphatic hydroxyl groups excluding tert-OH is 1. The molecule has 174 valence electrons. The molecule has 4 N–H and O–H groups in total. The fourth-order valence-electron chi connectivity index (χ4n) is 2.60. The third-order valence-electron chi connectivity index (χ3n) is 4.98. The van der Waals surface area contributed by atoms with Gasteiger partial charge in [-0.1, -0.05) is 6.92 Å². The zero-order valence-electron chi connectivity index (χ0n) is 16.6. The van der Waals surface area contributed by atoms with Gasteiger partial charge < -0.3 is 15.7 Å². The number of alkyl halides is 5. The van der Waals surface area contributed by atoms with Crippen LogP contribution in [0.25, 0.3) is 0 Å². The van der Waals surface area contributed by atoms with Crippen molar-refractivity contribution in [2.75, 3.05) is 18.1 Å². The van der Waals surface area contributed by atoms with E-state index in [-0.39, 0.29) is 18.2 Å². The molecular formula is C18H28F5N3O3S. The first-order chi connectivity index (χ1) is 13.9. The smallest absolute Gasteiger partial charge is 0.381 e. The van der Waals surface area contributed by atoms with E-state index in [9.17, 15) is 36.6 Å². The van der Waals surface area contributed by atoms with Gasteiger partial charge in [0.1, 0.15) is 0 Å². The molecule has 2 unspecified atom stereocenters. The summed E-state index contributed by atoms with van der Waals surface area (Å²) >= 11 is 1.29. The Bertz CT molecular complexity index is 600. The Morgan fingerprint density at radius 3 is 2.23 bits per heavy atom. The van der Waals surface area contributed by atoms with Gasteiger partial charge in [-0.25, -0.2) is 0 Å². The molecule has 2 rings (SSSR count). The van der Waals surface area contributed by atoms with E-state index in [1.54, 1.807) is 6.92 Å². The molecule has 30 heavy (non-hydrogen) atoms. The van der Waals surface area contributed by atoms with Gasteiger partial charge in [0.05, 0.1) is 18.6 Å². The number of hydrogen-bond donors (Lipinski definition) is 4. The van der Waals surface area contributed by atoms with E-state index in [4.69, 9.17) is 0 Å². The Hall–Kier alpha value is -1.14. The van der Waals surface area contributed by atoms with Crippen molar-refractivity contribution < 1.29 is 36.6 Å². The Labute approximate surface area is 176 Å². The summed E-state index contributed by atoms with van der Waals surface area (Å²) in [4.78, 5) is 24.6. The molecule has 0 aromatic rings. The van der Waals surface area contributed by atoms with E-state index < -0.39 is 48.6 Å². The van der Waals surface area contributed by atoms with Crippen LogP contribution in [-0.4, -0.2) is 71.3 Å². The molecule has 0 aromatic heterocycles. The predicted octanol–water partition coefficient (Wildman–Crippen LogP) is 1.82. The number of aliphatic hydroxyl groups is 1. The third-order valence-corrected chi connectivity index (χ3v) is 6.25. The number of amides is 2. The number of carbonyl (C=O) groups excluding carboxylic acids is 2. The second-order valence-electron chi connectivity index (χ2n) is 7.87. The molecule has 0 aliphatic heterocycles. The molecule has 0 aromatic carbocycles. The summed E-state index contributed by atoms with van der Waals surface area (Å²) in [6.45, 7) is -0.124. The van der Waals surface area contributed by atoms with Gasteiger partial charge in [-0.2, -0.15) is 33.7 Å². The largest absolute Gasteiger partial charge is 0.454 e. The van der Waals surface area contributed by atoms with Gasteiger partial charge in [0, 0.05) is 11.8 Å². The summed E-state index contributed by atoms with van der Waals surface area (Å²) in [6, 6.07) is -2.31. The maximum absolute atomic E-state index is 13.3. The van der Waals surface area contributed by atoms with Crippen LogP contribution < -0.4 is 16.0 Å². The van der Waals surface area contributed by atoms with Crippen LogP contribution in [0.2, 0.25) is 0 Å². The number of hydrogen-bond acceptors (Lipinski definition) is 5. The van der Waals surface area contributed by atoms with Gasteiger partial charge >= 0.3 is 12.1 Å². The van der Waals surface area contributed by atoms with Crippen LogP contribution in [0, 0.1) is 5.92 Å². The van der Waals surface area contributed by atoms with Gasteiger partial charge in [0.2, 0.25) is 5.91 Å². The van der Waals surface area contributed by atoms with Crippen LogP contribution in [0.4, 0.5) is 22.0 Å². The zero-order chi connectivity index (χ0) is 22.5. The van der Waals surface area contributed by atoms with Crippen molar-refractivity contribution in [2.45, 2.75) is 75.4 Å². The molecule has 2 aliphatic rings. The van der Waals surface area contributed by atoms with Crippen LogP contribution in [0.1, 0.15) is 39.0 Å². The van der Waals surface area contributed by atoms with Crippen molar-refractivity contribution in [3.8, 4) is 0 Å². The number of thioether (sulfide) groups is 1. The second kappa shape index (κ2) is 10.4. The molecule has 0 radical (unpaired) electrons. The van der Waals surface area contributed by atoms with Crippen molar-refractivity contribution in [3.05, 3.63) is 0 Å². The third kappa shape index (κ3) is 7.84. The van der Waals surface area contributed by atoms with E-state index in [0.29, 0.717) is 11.7 Å². The number of rotatable bonds is 13. The molecule has 2 saturated carbocycles. The molecule has 2 amide bonds. The lowest BCUT2D eigenvalue weighted by Gasteiger charge is -2.27. The molecule has 0 bridgehead atoms. The van der Waals surface area contributed by atoms with E-state index in [1.165, 1.54) is 11.8 Å². The van der Waals surface area contributed by atoms with Crippen molar-refractivity contribution in [2.24, 2.45) is 5.92 Å². The predicted molar refractivity (Wildman–Crippen MR) is 102 cm³/mol. The summed E-state index contributed by atoms with van der Waals surface area (Å²) in [7, 11) is 0. The van der Waals surface area contributed by atoms with Gasteiger partial charge in [-0.3, -0.25) is 14.9 Å². The van der Waals surface area contributed by atoms with Gasteiger partial charge in [0.15, 0.2) is 6.10 Å². The summed E-state index contributed by atoms with van der Waals surface area (Å²) < 4.78 is 63.9. The Morgan fingerprint density at radius 1 is 1.10 bits per heavy atom. The second-order valence-corrected chi connectivity index (χ2v) is 8.94. The quantitative estimate of drug-likeness (QED) is 0.314. The zero-order valence-corrected chi connectivity index (χ0v) is 17.4. The molecule has 2 fully saturated rings. The minimum atomic E-state index is -5.73. The summed E-state index contributed by atoms with van der Waals surface area (Å²) in [5, 5.41) is 17.2. The van der Waals surface area contributed by atoms with Crippen LogP contribution in [-0.2, 0) is 9.59 Å². The topological polar surface area (TPSA) is 90.5 Å². The lowest BCUT2D eigenvalue weighted by atomic mass is 10.1. The highest BCUT2D eigenvalue weighted by Crippen LogP contribution is 2.35. The summed E-state index contributed by atoms with van der Waals surface area (Å²) in [5.41, 5.74) is 0. The lowest BCUT2D eigenvalue weighted by Crippen LogP contribution is -2.57. The van der Waals surface area contributed by atoms with Crippen molar-refractivity contribution in [1.82, 2.24) is 16.0 Å². The average Bonchev–Trinajstić information content (AvgIpc) is 3.56. The van der Waals surface area contributed by atoms with E-state index in [2.05, 4.69) is 10.6 Å². The highest BCUT2D eigenvalue weighted by molar-refractivity contribution is 7.99. The summed E-state index contributed by atoms with van der Waals surface area (Å²) in [6.07, 6.45) is -3.43. The molecule has 0 saturated heterocycles. The number of nitrogens with one attached hydrogen (secondary N) is 3. The minimum Gasteiger partial charge on any atom is -0.381 e. The molecule has 3 atom stereocenters. The SMILES string of the molecule is CCC(NC(=O)[C@H](CSCC1CC1)NCC(F)(F)C(F)(F)F)C(O)C(=O)NC1CC1. The lowest BCUT2D eigenvalue weighted by molar-refractivity contribution is -0.279. The fourth-order valence-corrected chi connectivity index (χ4v) is 3.91. The van der Waals surface area contributed by atoms with Gasteiger partial charge in [-0.15, -0.1) is 0 Å². The van der Waals surface area contributed by atoms with Crippen LogP contribution in [0.15, 0.2) is 0 Å². The maximum Gasteiger partial charge on any atom is 0.454 e. The first kappa shape index (κ1) is 25.1. The number of halogens is 5. The number of carbonyl (C=O) groups is 2. The standard InChI is InChI=1S/C18H28F5N3O3S/c1-2-12(14(27)16(29)25-11-5-6-11)26-15(28)13(8-30-7-10-3-4-10)24-9-17(19,20)18(21,22)23/h10-14,24,27H,2-9H2,1H3,(H,25,29)(H,26,28)/t12?,13-,14?/m0/s1. The first-order valence-corrected chi connectivity index (χ1v) is 11.1. The van der Waals surface area contributed by atoms with E-state index in [0.717, 1.165) is 25.7 Å².